The maximum atomic E-state index is 12.9. The Hall–Kier alpha value is -2.43. The highest BCUT2D eigenvalue weighted by Crippen LogP contribution is 2.49. The van der Waals surface area contributed by atoms with Crippen LogP contribution in [0.3, 0.4) is 0 Å². The number of nitriles is 1. The van der Waals surface area contributed by atoms with Gasteiger partial charge >= 0.3 is 0 Å². The van der Waals surface area contributed by atoms with Gasteiger partial charge in [-0.15, -0.1) is 0 Å². The van der Waals surface area contributed by atoms with Gasteiger partial charge < -0.3 is 14.5 Å². The number of carbonyl (C=O) groups excluding carboxylic acids is 1. The van der Waals surface area contributed by atoms with Crippen LogP contribution in [0.5, 0.6) is 0 Å². The molecule has 31 heavy (non-hydrogen) atoms. The number of pyridine rings is 1. The molecule has 6 nitrogen and oxygen atoms in total. The van der Waals surface area contributed by atoms with Gasteiger partial charge in [0, 0.05) is 36.3 Å². The molecule has 1 aliphatic carbocycles. The minimum absolute atomic E-state index is 0.00146. The Balaban J connectivity index is 1.59. The second kappa shape index (κ2) is 10.3. The summed E-state index contributed by atoms with van der Waals surface area (Å²) in [7, 11) is 0. The van der Waals surface area contributed by atoms with Crippen LogP contribution >= 0.6 is 15.9 Å². The average molecular weight is 485 g/mol. The summed E-state index contributed by atoms with van der Waals surface area (Å²) in [5.41, 5.74) is 1.35. The van der Waals surface area contributed by atoms with Crippen molar-refractivity contribution in [2.75, 3.05) is 31.1 Å². The number of carbonyl (C=O) groups is 1. The molecule has 0 spiro atoms. The first-order valence-corrected chi connectivity index (χ1v) is 11.5. The summed E-state index contributed by atoms with van der Waals surface area (Å²) in [6.07, 6.45) is 3.47. The van der Waals surface area contributed by atoms with E-state index in [1.54, 1.807) is 12.3 Å². The van der Waals surface area contributed by atoms with E-state index in [-0.39, 0.29) is 24.2 Å². The standard InChI is InChI=1S/C24H29BrN4O2/c1-4-28(16-18(3)29(5-2)22-11-6-19(14-26)15-27-22)23(30)17-31-24(12-13-24)20-7-9-21(25)10-8-20/h6-11,15,18H,4-5,12-13,16-17H2,1-3H3. The van der Waals surface area contributed by atoms with Gasteiger partial charge in [0.25, 0.3) is 0 Å². The average Bonchev–Trinajstić information content (AvgIpc) is 3.58. The van der Waals surface area contributed by atoms with E-state index in [2.05, 4.69) is 57.9 Å². The Morgan fingerprint density at radius 2 is 1.94 bits per heavy atom. The number of aromatic nitrogens is 1. The predicted octanol–water partition coefficient (Wildman–Crippen LogP) is 4.48. The second-order valence-electron chi connectivity index (χ2n) is 7.87. The molecule has 1 unspecified atom stereocenters. The Bertz CT molecular complexity index is 920. The van der Waals surface area contributed by atoms with Gasteiger partial charge in [0.1, 0.15) is 18.5 Å². The highest BCUT2D eigenvalue weighted by Gasteiger charge is 2.46. The predicted molar refractivity (Wildman–Crippen MR) is 125 cm³/mol. The first-order valence-electron chi connectivity index (χ1n) is 10.7. The van der Waals surface area contributed by atoms with Gasteiger partial charge in [-0.05, 0) is 63.4 Å². The Kier molecular flexibility index (Phi) is 7.69. The topological polar surface area (TPSA) is 69.5 Å². The van der Waals surface area contributed by atoms with Crippen LogP contribution in [-0.2, 0) is 15.1 Å². The molecule has 164 valence electrons. The third-order valence-corrected chi connectivity index (χ3v) is 6.34. The molecule has 0 saturated heterocycles. The number of hydrogen-bond donors (Lipinski definition) is 0. The molecule has 0 N–H and O–H groups in total. The molecular weight excluding hydrogens is 456 g/mol. The van der Waals surface area contributed by atoms with Crippen molar-refractivity contribution in [1.82, 2.24) is 9.88 Å². The van der Waals surface area contributed by atoms with Crippen LogP contribution in [0.25, 0.3) is 0 Å². The van der Waals surface area contributed by atoms with E-state index in [1.807, 2.05) is 30.0 Å². The smallest absolute Gasteiger partial charge is 0.248 e. The lowest BCUT2D eigenvalue weighted by Crippen LogP contribution is -2.46. The van der Waals surface area contributed by atoms with Gasteiger partial charge in [0.15, 0.2) is 0 Å². The third-order valence-electron chi connectivity index (χ3n) is 5.81. The van der Waals surface area contributed by atoms with E-state index in [0.29, 0.717) is 18.7 Å². The molecule has 2 aromatic rings. The van der Waals surface area contributed by atoms with Crippen LogP contribution < -0.4 is 4.90 Å². The maximum absolute atomic E-state index is 12.9. The van der Waals surface area contributed by atoms with Crippen molar-refractivity contribution in [3.8, 4) is 6.07 Å². The van der Waals surface area contributed by atoms with E-state index >= 15 is 0 Å². The zero-order valence-corrected chi connectivity index (χ0v) is 19.9. The van der Waals surface area contributed by atoms with Gasteiger partial charge in [-0.2, -0.15) is 5.26 Å². The number of hydrogen-bond acceptors (Lipinski definition) is 5. The molecule has 0 radical (unpaired) electrons. The number of likely N-dealkylation sites (N-methyl/N-ethyl adjacent to an activating group) is 2. The number of rotatable bonds is 10. The summed E-state index contributed by atoms with van der Waals surface area (Å²) in [4.78, 5) is 21.3. The van der Waals surface area contributed by atoms with Crippen molar-refractivity contribution < 1.29 is 9.53 Å². The molecule has 1 aromatic carbocycles. The molecular formula is C24H29BrN4O2. The lowest BCUT2D eigenvalue weighted by molar-refractivity contribution is -0.139. The zero-order chi connectivity index (χ0) is 22.4. The van der Waals surface area contributed by atoms with Crippen molar-refractivity contribution in [3.05, 3.63) is 58.2 Å². The van der Waals surface area contributed by atoms with Crippen molar-refractivity contribution in [1.29, 1.82) is 5.26 Å². The highest BCUT2D eigenvalue weighted by molar-refractivity contribution is 9.10. The molecule has 3 rings (SSSR count). The third kappa shape index (κ3) is 5.63. The van der Waals surface area contributed by atoms with Gasteiger partial charge in [0.05, 0.1) is 11.2 Å². The molecule has 1 heterocycles. The fraction of sp³-hybridized carbons (Fsp3) is 0.458. The summed E-state index contributed by atoms with van der Waals surface area (Å²) >= 11 is 3.46. The van der Waals surface area contributed by atoms with Gasteiger partial charge in [-0.3, -0.25) is 4.79 Å². The van der Waals surface area contributed by atoms with Crippen LogP contribution in [-0.4, -0.2) is 48.1 Å². The number of halogens is 1. The van der Waals surface area contributed by atoms with E-state index in [9.17, 15) is 4.79 Å². The number of anilines is 1. The fourth-order valence-corrected chi connectivity index (χ4v) is 4.09. The number of amides is 1. The normalized spacial score (nSPS) is 15.1. The zero-order valence-electron chi connectivity index (χ0n) is 18.3. The Morgan fingerprint density at radius 1 is 1.23 bits per heavy atom. The Labute approximate surface area is 193 Å². The van der Waals surface area contributed by atoms with E-state index in [0.717, 1.165) is 35.2 Å². The minimum Gasteiger partial charge on any atom is -0.360 e. The summed E-state index contributed by atoms with van der Waals surface area (Å²) in [5.74, 6) is 0.808. The monoisotopic (exact) mass is 484 g/mol. The minimum atomic E-state index is -0.316. The van der Waals surface area contributed by atoms with Crippen LogP contribution in [0.15, 0.2) is 47.1 Å². The number of benzene rings is 1. The molecule has 1 amide bonds. The second-order valence-corrected chi connectivity index (χ2v) is 8.79. The van der Waals surface area contributed by atoms with Gasteiger partial charge in [-0.1, -0.05) is 28.1 Å². The first kappa shape index (κ1) is 23.2. The van der Waals surface area contributed by atoms with Crippen LogP contribution in [0.4, 0.5) is 5.82 Å². The number of ether oxygens (including phenoxy) is 1. The SMILES string of the molecule is CCN(CC(C)N(CC)c1ccc(C#N)cn1)C(=O)COC1(c2ccc(Br)cc2)CC1. The van der Waals surface area contributed by atoms with Crippen LogP contribution in [0.1, 0.15) is 44.7 Å². The first-order chi connectivity index (χ1) is 14.9. The lowest BCUT2D eigenvalue weighted by Gasteiger charge is -2.33. The highest BCUT2D eigenvalue weighted by atomic mass is 79.9. The van der Waals surface area contributed by atoms with E-state index in [1.165, 1.54) is 0 Å². The van der Waals surface area contributed by atoms with Crippen molar-refractivity contribution in [2.24, 2.45) is 0 Å². The number of nitrogens with zero attached hydrogens (tertiary/aromatic N) is 4. The summed E-state index contributed by atoms with van der Waals surface area (Å²) in [5, 5.41) is 8.98. The van der Waals surface area contributed by atoms with Gasteiger partial charge in [0.2, 0.25) is 5.91 Å². The van der Waals surface area contributed by atoms with Crippen LogP contribution in [0.2, 0.25) is 0 Å². The molecule has 1 atom stereocenters. The summed E-state index contributed by atoms with van der Waals surface area (Å²) in [6, 6.07) is 13.9. The van der Waals surface area contributed by atoms with E-state index in [4.69, 9.17) is 10.00 Å². The molecule has 7 heteroatoms. The Morgan fingerprint density at radius 3 is 2.45 bits per heavy atom. The van der Waals surface area contributed by atoms with Gasteiger partial charge in [-0.25, -0.2) is 4.98 Å². The summed E-state index contributed by atoms with van der Waals surface area (Å²) < 4.78 is 7.16. The van der Waals surface area contributed by atoms with Crippen molar-refractivity contribution in [2.45, 2.75) is 45.3 Å². The van der Waals surface area contributed by atoms with E-state index < -0.39 is 0 Å². The maximum Gasteiger partial charge on any atom is 0.248 e. The van der Waals surface area contributed by atoms with Crippen LogP contribution in [0, 0.1) is 11.3 Å². The van der Waals surface area contributed by atoms with Crippen molar-refractivity contribution >= 4 is 27.7 Å². The molecule has 1 aliphatic rings. The summed E-state index contributed by atoms with van der Waals surface area (Å²) in [6.45, 7) is 8.18. The quantitative estimate of drug-likeness (QED) is 0.496. The molecule has 1 aromatic heterocycles. The lowest BCUT2D eigenvalue weighted by atomic mass is 10.1. The largest absolute Gasteiger partial charge is 0.360 e. The molecule has 1 fully saturated rings. The molecule has 1 saturated carbocycles. The molecule has 0 aliphatic heterocycles. The fourth-order valence-electron chi connectivity index (χ4n) is 3.82. The molecule has 0 bridgehead atoms. The van der Waals surface area contributed by atoms with Crippen molar-refractivity contribution in [3.63, 3.8) is 0 Å².